The first-order valence-corrected chi connectivity index (χ1v) is 4.40. The lowest BCUT2D eigenvalue weighted by Gasteiger charge is -2.22. The number of hydrogen-bond acceptors (Lipinski definition) is 4. The summed E-state index contributed by atoms with van der Waals surface area (Å²) in [4.78, 5) is 22.2. The van der Waals surface area contributed by atoms with Gasteiger partial charge in [-0.15, -0.1) is 0 Å². The second kappa shape index (κ2) is 4.81. The molecule has 1 aliphatic rings. The zero-order valence-electron chi connectivity index (χ0n) is 7.63. The Bertz CT molecular complexity index is 206. The van der Waals surface area contributed by atoms with Crippen molar-refractivity contribution in [2.75, 3.05) is 19.7 Å². The van der Waals surface area contributed by atoms with E-state index in [-0.39, 0.29) is 18.3 Å². The Morgan fingerprint density at radius 3 is 3.00 bits per heavy atom. The van der Waals surface area contributed by atoms with Crippen LogP contribution in [-0.4, -0.2) is 37.6 Å². The molecule has 0 aromatic heterocycles. The largest absolute Gasteiger partial charge is 0.466 e. The van der Waals surface area contributed by atoms with Gasteiger partial charge in [-0.1, -0.05) is 0 Å². The van der Waals surface area contributed by atoms with Gasteiger partial charge in [0.2, 0.25) is 5.91 Å². The number of amides is 1. The number of carbonyl (C=O) groups is 2. The van der Waals surface area contributed by atoms with Crippen LogP contribution in [0.1, 0.15) is 13.3 Å². The van der Waals surface area contributed by atoms with Crippen LogP contribution in [0, 0.1) is 0 Å². The van der Waals surface area contributed by atoms with Crippen LogP contribution in [0.2, 0.25) is 0 Å². The highest BCUT2D eigenvalue weighted by Gasteiger charge is 2.24. The maximum atomic E-state index is 11.2. The average Bonchev–Trinajstić information content (AvgIpc) is 2.09. The summed E-state index contributed by atoms with van der Waals surface area (Å²) >= 11 is 0. The van der Waals surface area contributed by atoms with Crippen molar-refractivity contribution >= 4 is 11.9 Å². The molecule has 1 amide bonds. The van der Waals surface area contributed by atoms with Gasteiger partial charge in [0.25, 0.3) is 0 Å². The maximum absolute atomic E-state index is 11.2. The smallest absolute Gasteiger partial charge is 0.307 e. The van der Waals surface area contributed by atoms with Crippen molar-refractivity contribution in [2.45, 2.75) is 19.4 Å². The molecule has 1 atom stereocenters. The molecule has 74 valence electrons. The van der Waals surface area contributed by atoms with E-state index in [4.69, 9.17) is 4.74 Å². The standard InChI is InChI=1S/C8H14N2O3/c1-2-13-7(11)5-6-8(12)10-4-3-9-6/h6,9H,2-5H2,1H3,(H,10,12)/t6-/m1/s1. The van der Waals surface area contributed by atoms with Gasteiger partial charge in [0, 0.05) is 13.1 Å². The minimum Gasteiger partial charge on any atom is -0.466 e. The zero-order chi connectivity index (χ0) is 9.68. The molecule has 1 saturated heterocycles. The van der Waals surface area contributed by atoms with Crippen molar-refractivity contribution in [1.82, 2.24) is 10.6 Å². The Labute approximate surface area is 76.8 Å². The molecule has 0 bridgehead atoms. The molecule has 1 aliphatic heterocycles. The van der Waals surface area contributed by atoms with Crippen molar-refractivity contribution in [1.29, 1.82) is 0 Å². The van der Waals surface area contributed by atoms with E-state index in [1.54, 1.807) is 6.92 Å². The van der Waals surface area contributed by atoms with Gasteiger partial charge in [0.1, 0.15) is 0 Å². The minimum absolute atomic E-state index is 0.111. The Balaban J connectivity index is 2.33. The summed E-state index contributed by atoms with van der Waals surface area (Å²) in [5.41, 5.74) is 0. The second-order valence-corrected chi connectivity index (χ2v) is 2.81. The monoisotopic (exact) mass is 186 g/mol. The van der Waals surface area contributed by atoms with Gasteiger partial charge in [-0.05, 0) is 6.92 Å². The Kier molecular flexibility index (Phi) is 3.70. The summed E-state index contributed by atoms with van der Waals surface area (Å²) in [7, 11) is 0. The Morgan fingerprint density at radius 1 is 1.62 bits per heavy atom. The fourth-order valence-corrected chi connectivity index (χ4v) is 1.20. The van der Waals surface area contributed by atoms with Crippen LogP contribution in [0.5, 0.6) is 0 Å². The molecule has 0 aromatic rings. The second-order valence-electron chi connectivity index (χ2n) is 2.81. The van der Waals surface area contributed by atoms with E-state index >= 15 is 0 Å². The molecular weight excluding hydrogens is 172 g/mol. The van der Waals surface area contributed by atoms with E-state index in [2.05, 4.69) is 10.6 Å². The number of ether oxygens (including phenoxy) is 1. The molecule has 1 rings (SSSR count). The van der Waals surface area contributed by atoms with Crippen molar-refractivity contribution in [2.24, 2.45) is 0 Å². The number of rotatable bonds is 3. The fourth-order valence-electron chi connectivity index (χ4n) is 1.20. The lowest BCUT2D eigenvalue weighted by Crippen LogP contribution is -2.53. The van der Waals surface area contributed by atoms with Crippen molar-refractivity contribution in [3.05, 3.63) is 0 Å². The van der Waals surface area contributed by atoms with Gasteiger partial charge in [-0.3, -0.25) is 9.59 Å². The molecule has 0 aliphatic carbocycles. The van der Waals surface area contributed by atoms with Crippen LogP contribution in [-0.2, 0) is 14.3 Å². The summed E-state index contributed by atoms with van der Waals surface area (Å²) in [6, 6.07) is -0.423. The average molecular weight is 186 g/mol. The number of nitrogens with one attached hydrogen (secondary N) is 2. The number of hydrogen-bond donors (Lipinski definition) is 2. The van der Waals surface area contributed by atoms with Gasteiger partial charge < -0.3 is 15.4 Å². The molecule has 0 spiro atoms. The van der Waals surface area contributed by atoms with E-state index in [1.807, 2.05) is 0 Å². The molecule has 2 N–H and O–H groups in total. The van der Waals surface area contributed by atoms with E-state index in [0.29, 0.717) is 19.7 Å². The van der Waals surface area contributed by atoms with Gasteiger partial charge in [-0.2, -0.15) is 0 Å². The Morgan fingerprint density at radius 2 is 2.38 bits per heavy atom. The maximum Gasteiger partial charge on any atom is 0.307 e. The van der Waals surface area contributed by atoms with Crippen LogP contribution >= 0.6 is 0 Å². The molecular formula is C8H14N2O3. The first-order chi connectivity index (χ1) is 6.24. The lowest BCUT2D eigenvalue weighted by atomic mass is 10.1. The third kappa shape index (κ3) is 3.02. The van der Waals surface area contributed by atoms with Crippen LogP contribution in [0.25, 0.3) is 0 Å². The SMILES string of the molecule is CCOC(=O)C[C@H]1NCCNC1=O. The summed E-state index contributed by atoms with van der Waals surface area (Å²) in [5.74, 6) is -0.462. The topological polar surface area (TPSA) is 67.4 Å². The van der Waals surface area contributed by atoms with Crippen molar-refractivity contribution in [3.8, 4) is 0 Å². The zero-order valence-corrected chi connectivity index (χ0v) is 7.63. The molecule has 1 fully saturated rings. The molecule has 0 radical (unpaired) electrons. The first kappa shape index (κ1) is 9.98. The number of esters is 1. The number of piperazine rings is 1. The summed E-state index contributed by atoms with van der Waals surface area (Å²) in [6.45, 7) is 3.42. The van der Waals surface area contributed by atoms with Gasteiger partial charge >= 0.3 is 5.97 Å². The summed E-state index contributed by atoms with van der Waals surface area (Å²) in [5, 5.41) is 5.62. The van der Waals surface area contributed by atoms with Crippen LogP contribution in [0.3, 0.4) is 0 Å². The summed E-state index contributed by atoms with van der Waals surface area (Å²) < 4.78 is 4.73. The van der Waals surface area contributed by atoms with Crippen LogP contribution < -0.4 is 10.6 Å². The van der Waals surface area contributed by atoms with Gasteiger partial charge in [-0.25, -0.2) is 0 Å². The fraction of sp³-hybridized carbons (Fsp3) is 0.750. The van der Waals surface area contributed by atoms with Crippen molar-refractivity contribution in [3.63, 3.8) is 0 Å². The number of carbonyl (C=O) groups excluding carboxylic acids is 2. The highest BCUT2D eigenvalue weighted by molar-refractivity contribution is 5.87. The lowest BCUT2D eigenvalue weighted by molar-refractivity contribution is -0.145. The summed E-state index contributed by atoms with van der Waals surface area (Å²) in [6.07, 6.45) is 0.111. The van der Waals surface area contributed by atoms with Crippen molar-refractivity contribution < 1.29 is 14.3 Å². The van der Waals surface area contributed by atoms with Crippen LogP contribution in [0.15, 0.2) is 0 Å². The third-order valence-electron chi connectivity index (χ3n) is 1.81. The van der Waals surface area contributed by atoms with Gasteiger partial charge in [0.15, 0.2) is 0 Å². The third-order valence-corrected chi connectivity index (χ3v) is 1.81. The first-order valence-electron chi connectivity index (χ1n) is 4.40. The molecule has 0 aromatic carbocycles. The van der Waals surface area contributed by atoms with E-state index < -0.39 is 6.04 Å². The van der Waals surface area contributed by atoms with Gasteiger partial charge in [0.05, 0.1) is 19.1 Å². The Hall–Kier alpha value is -1.10. The highest BCUT2D eigenvalue weighted by atomic mass is 16.5. The van der Waals surface area contributed by atoms with E-state index in [9.17, 15) is 9.59 Å². The van der Waals surface area contributed by atoms with Crippen LogP contribution in [0.4, 0.5) is 0 Å². The molecule has 5 heteroatoms. The molecule has 13 heavy (non-hydrogen) atoms. The normalized spacial score (nSPS) is 22.2. The van der Waals surface area contributed by atoms with E-state index in [1.165, 1.54) is 0 Å². The predicted molar refractivity (Wildman–Crippen MR) is 46.1 cm³/mol. The molecule has 1 heterocycles. The predicted octanol–water partition coefficient (Wildman–Crippen LogP) is -0.972. The molecule has 0 unspecified atom stereocenters. The molecule has 0 saturated carbocycles. The van der Waals surface area contributed by atoms with E-state index in [0.717, 1.165) is 0 Å². The highest BCUT2D eigenvalue weighted by Crippen LogP contribution is 1.97. The minimum atomic E-state index is -0.423. The quantitative estimate of drug-likeness (QED) is 0.556. The molecule has 5 nitrogen and oxygen atoms in total.